The molecule has 2 amide bonds. The maximum absolute atomic E-state index is 12.1. The average Bonchev–Trinajstić information content (AvgIpc) is 2.93. The minimum Gasteiger partial charge on any atom is -0.333 e. The number of likely N-dealkylation sites (tertiary alicyclic amines) is 1. The number of piperidine rings is 1. The Hall–Kier alpha value is -1.07. The molecular weight excluding hydrogens is 246 g/mol. The van der Waals surface area contributed by atoms with Crippen molar-refractivity contribution >= 4 is 17.4 Å². The number of carbonyl (C=O) groups is 1. The first-order valence-corrected chi connectivity index (χ1v) is 7.43. The van der Waals surface area contributed by atoms with E-state index in [0.29, 0.717) is 24.4 Å². The Morgan fingerprint density at radius 2 is 2.17 bits per heavy atom. The van der Waals surface area contributed by atoms with Crippen molar-refractivity contribution in [1.82, 2.24) is 10.2 Å². The number of fused-ring (bicyclic) bond motifs is 2. The number of rotatable bonds is 2. The highest BCUT2D eigenvalue weighted by Gasteiger charge is 2.41. The lowest BCUT2D eigenvalue weighted by atomic mass is 9.93. The Balaban J connectivity index is 1.54. The highest BCUT2D eigenvalue weighted by atomic mass is 32.1. The lowest BCUT2D eigenvalue weighted by molar-refractivity contribution is 0.150. The Morgan fingerprint density at radius 1 is 1.44 bits per heavy atom. The van der Waals surface area contributed by atoms with E-state index in [-0.39, 0.29) is 6.03 Å². The minimum absolute atomic E-state index is 0.0622. The summed E-state index contributed by atoms with van der Waals surface area (Å²) in [5.41, 5.74) is 6.14. The zero-order valence-corrected chi connectivity index (χ0v) is 11.2. The fourth-order valence-corrected chi connectivity index (χ4v) is 3.76. The summed E-state index contributed by atoms with van der Waals surface area (Å²) in [5.74, 6) is 1.02. The first-order chi connectivity index (χ1) is 8.74. The second-order valence-electron chi connectivity index (χ2n) is 5.32. The molecule has 1 saturated carbocycles. The monoisotopic (exact) mass is 265 g/mol. The standard InChI is InChI=1S/C13H19N3OS/c14-12-9-3-4-10(12)8-16(7-9)13(17)15-6-11-2-1-5-18-11/h1-2,5,9-10,12H,3-4,6-8,14H2,(H,15,17). The van der Waals surface area contributed by atoms with Crippen LogP contribution in [0.5, 0.6) is 0 Å². The molecule has 3 rings (SSSR count). The van der Waals surface area contributed by atoms with E-state index >= 15 is 0 Å². The molecule has 4 nitrogen and oxygen atoms in total. The normalized spacial score (nSPS) is 30.5. The molecule has 2 heterocycles. The molecule has 2 bridgehead atoms. The summed E-state index contributed by atoms with van der Waals surface area (Å²) >= 11 is 1.67. The lowest BCUT2D eigenvalue weighted by Gasteiger charge is -2.36. The van der Waals surface area contributed by atoms with Crippen LogP contribution in [0.1, 0.15) is 17.7 Å². The highest BCUT2D eigenvalue weighted by Crippen LogP contribution is 2.35. The molecule has 2 unspecified atom stereocenters. The molecule has 5 heteroatoms. The van der Waals surface area contributed by atoms with Gasteiger partial charge >= 0.3 is 6.03 Å². The Bertz CT molecular complexity index is 406. The molecule has 1 saturated heterocycles. The number of nitrogens with zero attached hydrogens (tertiary/aromatic N) is 1. The van der Waals surface area contributed by atoms with Crippen LogP contribution in [0.2, 0.25) is 0 Å². The topological polar surface area (TPSA) is 58.4 Å². The van der Waals surface area contributed by atoms with Crippen molar-refractivity contribution in [2.75, 3.05) is 13.1 Å². The van der Waals surface area contributed by atoms with Crippen LogP contribution >= 0.6 is 11.3 Å². The van der Waals surface area contributed by atoms with Gasteiger partial charge in [0.05, 0.1) is 6.54 Å². The SMILES string of the molecule is NC1C2CCC1CN(C(=O)NCc1cccs1)C2. The van der Waals surface area contributed by atoms with E-state index in [1.54, 1.807) is 11.3 Å². The average molecular weight is 265 g/mol. The van der Waals surface area contributed by atoms with Gasteiger partial charge in [0.1, 0.15) is 0 Å². The molecule has 2 fully saturated rings. The number of hydrogen-bond donors (Lipinski definition) is 2. The highest BCUT2D eigenvalue weighted by molar-refractivity contribution is 7.09. The number of nitrogens with one attached hydrogen (secondary N) is 1. The fourth-order valence-electron chi connectivity index (χ4n) is 3.12. The summed E-state index contributed by atoms with van der Waals surface area (Å²) in [4.78, 5) is 15.2. The van der Waals surface area contributed by atoms with Crippen LogP contribution in [0.4, 0.5) is 4.79 Å². The van der Waals surface area contributed by atoms with Crippen LogP contribution in [-0.2, 0) is 6.54 Å². The van der Waals surface area contributed by atoms with E-state index in [0.717, 1.165) is 13.1 Å². The van der Waals surface area contributed by atoms with Crippen LogP contribution in [-0.4, -0.2) is 30.1 Å². The van der Waals surface area contributed by atoms with Gasteiger partial charge < -0.3 is 16.0 Å². The summed E-state index contributed by atoms with van der Waals surface area (Å²) in [6.07, 6.45) is 2.36. The molecule has 1 aromatic rings. The molecule has 3 N–H and O–H groups in total. The van der Waals surface area contributed by atoms with Crippen molar-refractivity contribution in [3.63, 3.8) is 0 Å². The van der Waals surface area contributed by atoms with Gasteiger partial charge in [0.15, 0.2) is 0 Å². The molecule has 1 aliphatic carbocycles. The zero-order chi connectivity index (χ0) is 12.5. The van der Waals surface area contributed by atoms with Gasteiger partial charge in [-0.2, -0.15) is 0 Å². The van der Waals surface area contributed by atoms with Crippen molar-refractivity contribution in [2.45, 2.75) is 25.4 Å². The van der Waals surface area contributed by atoms with Crippen molar-refractivity contribution in [3.8, 4) is 0 Å². The van der Waals surface area contributed by atoms with E-state index in [4.69, 9.17) is 5.73 Å². The minimum atomic E-state index is 0.0622. The van der Waals surface area contributed by atoms with Crippen molar-refractivity contribution in [3.05, 3.63) is 22.4 Å². The van der Waals surface area contributed by atoms with Gasteiger partial charge in [0.25, 0.3) is 0 Å². The number of nitrogens with two attached hydrogens (primary N) is 1. The second kappa shape index (κ2) is 4.90. The summed E-state index contributed by atoms with van der Waals surface area (Å²) in [7, 11) is 0. The van der Waals surface area contributed by atoms with Gasteiger partial charge in [-0.05, 0) is 36.1 Å². The number of urea groups is 1. The number of amides is 2. The van der Waals surface area contributed by atoms with E-state index in [1.165, 1.54) is 17.7 Å². The molecule has 2 atom stereocenters. The van der Waals surface area contributed by atoms with Gasteiger partial charge in [-0.25, -0.2) is 4.79 Å². The molecule has 0 radical (unpaired) electrons. The summed E-state index contributed by atoms with van der Waals surface area (Å²) in [6.45, 7) is 2.29. The first-order valence-electron chi connectivity index (χ1n) is 6.55. The molecule has 1 aliphatic heterocycles. The maximum atomic E-state index is 12.1. The molecule has 18 heavy (non-hydrogen) atoms. The van der Waals surface area contributed by atoms with Gasteiger partial charge in [-0.1, -0.05) is 6.07 Å². The van der Waals surface area contributed by atoms with Crippen molar-refractivity contribution in [2.24, 2.45) is 17.6 Å². The predicted octanol–water partition coefficient (Wildman–Crippen LogP) is 1.63. The quantitative estimate of drug-likeness (QED) is 0.854. The lowest BCUT2D eigenvalue weighted by Crippen LogP contribution is -2.53. The van der Waals surface area contributed by atoms with E-state index < -0.39 is 0 Å². The molecule has 0 aromatic carbocycles. The smallest absolute Gasteiger partial charge is 0.317 e. The largest absolute Gasteiger partial charge is 0.333 e. The third-order valence-corrected chi connectivity index (χ3v) is 5.06. The molecule has 1 aromatic heterocycles. The van der Waals surface area contributed by atoms with Crippen molar-refractivity contribution in [1.29, 1.82) is 0 Å². The van der Waals surface area contributed by atoms with Gasteiger partial charge in [0, 0.05) is 24.0 Å². The molecule has 98 valence electrons. The Labute approximate surface area is 111 Å². The summed E-state index contributed by atoms with van der Waals surface area (Å²) < 4.78 is 0. The first kappa shape index (κ1) is 12.0. The van der Waals surface area contributed by atoms with Crippen LogP contribution in [0.3, 0.4) is 0 Å². The third kappa shape index (κ3) is 2.24. The fraction of sp³-hybridized carbons (Fsp3) is 0.615. The van der Waals surface area contributed by atoms with Gasteiger partial charge in [0.2, 0.25) is 0 Å². The van der Waals surface area contributed by atoms with Crippen LogP contribution < -0.4 is 11.1 Å². The van der Waals surface area contributed by atoms with E-state index in [9.17, 15) is 4.79 Å². The maximum Gasteiger partial charge on any atom is 0.317 e. The summed E-state index contributed by atoms with van der Waals surface area (Å²) in [6, 6.07) is 4.42. The zero-order valence-electron chi connectivity index (χ0n) is 10.3. The summed E-state index contributed by atoms with van der Waals surface area (Å²) in [5, 5.41) is 5.02. The predicted molar refractivity (Wildman–Crippen MR) is 72.3 cm³/mol. The van der Waals surface area contributed by atoms with E-state index in [1.807, 2.05) is 22.4 Å². The number of carbonyl (C=O) groups excluding carboxylic acids is 1. The third-order valence-electron chi connectivity index (χ3n) is 4.19. The Morgan fingerprint density at radius 3 is 2.78 bits per heavy atom. The molecule has 2 aliphatic rings. The number of hydrogen-bond acceptors (Lipinski definition) is 3. The number of thiophene rings is 1. The van der Waals surface area contributed by atoms with Gasteiger partial charge in [-0.15, -0.1) is 11.3 Å². The van der Waals surface area contributed by atoms with Gasteiger partial charge in [-0.3, -0.25) is 0 Å². The van der Waals surface area contributed by atoms with Crippen LogP contribution in [0, 0.1) is 11.8 Å². The van der Waals surface area contributed by atoms with Crippen molar-refractivity contribution < 1.29 is 4.79 Å². The van der Waals surface area contributed by atoms with Crippen LogP contribution in [0.15, 0.2) is 17.5 Å². The second-order valence-corrected chi connectivity index (χ2v) is 6.35. The Kier molecular flexibility index (Phi) is 3.26. The van der Waals surface area contributed by atoms with Crippen LogP contribution in [0.25, 0.3) is 0 Å². The molecule has 0 spiro atoms. The molecular formula is C13H19N3OS. The van der Waals surface area contributed by atoms with E-state index in [2.05, 4.69) is 5.32 Å².